The van der Waals surface area contributed by atoms with E-state index in [0.717, 1.165) is 5.01 Å². The van der Waals surface area contributed by atoms with Gasteiger partial charge in [-0.2, -0.15) is 4.99 Å². The molecule has 2 heterocycles. The number of hydrogen-bond donors (Lipinski definition) is 0. The van der Waals surface area contributed by atoms with E-state index in [2.05, 4.69) is 15.2 Å². The number of nitrogens with zero attached hydrogens (tertiary/aromatic N) is 5. The van der Waals surface area contributed by atoms with E-state index in [9.17, 15) is 14.9 Å². The largest absolute Gasteiger partial charge is 0.287 e. The highest BCUT2D eigenvalue weighted by atomic mass is 32.2. The Balaban J connectivity index is 1.88. The van der Waals surface area contributed by atoms with Crippen LogP contribution in [-0.4, -0.2) is 37.6 Å². The monoisotopic (exact) mass is 375 g/mol. The summed E-state index contributed by atoms with van der Waals surface area (Å²) in [5.41, 5.74) is 0.724. The summed E-state index contributed by atoms with van der Waals surface area (Å²) in [6, 6.07) is 6.04. The Labute approximate surface area is 151 Å². The zero-order chi connectivity index (χ0) is 18.0. The van der Waals surface area contributed by atoms with Gasteiger partial charge in [-0.15, -0.1) is 10.2 Å². The molecule has 8 nitrogen and oxygen atoms in total. The van der Waals surface area contributed by atoms with Crippen LogP contribution in [0.15, 0.2) is 34.2 Å². The molecular weight excluding hydrogens is 362 g/mol. The molecule has 0 N–H and O–H groups in total. The van der Waals surface area contributed by atoms with Crippen LogP contribution in [0, 0.1) is 17.0 Å². The zero-order valence-corrected chi connectivity index (χ0v) is 15.0. The first-order valence-electron chi connectivity index (χ1n) is 7.32. The van der Waals surface area contributed by atoms with Gasteiger partial charge in [0.05, 0.1) is 9.83 Å². The lowest BCUT2D eigenvalue weighted by Crippen LogP contribution is -2.28. The average Bonchev–Trinajstić information content (AvgIpc) is 3.12. The predicted octanol–water partition coefficient (Wildman–Crippen LogP) is 3.38. The number of aliphatic imine (C=N–C) groups is 1. The van der Waals surface area contributed by atoms with E-state index in [1.54, 1.807) is 23.1 Å². The zero-order valence-electron chi connectivity index (χ0n) is 13.4. The van der Waals surface area contributed by atoms with Crippen LogP contribution in [0.25, 0.3) is 6.08 Å². The lowest BCUT2D eigenvalue weighted by Gasteiger charge is -2.11. The molecule has 1 fully saturated rings. The van der Waals surface area contributed by atoms with Gasteiger partial charge in [-0.1, -0.05) is 11.3 Å². The summed E-state index contributed by atoms with van der Waals surface area (Å²) in [7, 11) is 0. The van der Waals surface area contributed by atoms with Crippen molar-refractivity contribution in [2.45, 2.75) is 13.8 Å². The molecular formula is C15H13N5O3S2. The number of nitro benzene ring substituents is 1. The van der Waals surface area contributed by atoms with Gasteiger partial charge in [0, 0.05) is 18.7 Å². The number of amidine groups is 1. The van der Waals surface area contributed by atoms with Crippen LogP contribution >= 0.6 is 23.1 Å². The number of aromatic nitrogens is 2. The molecule has 3 rings (SSSR count). The Bertz CT molecular complexity index is 889. The third-order valence-corrected chi connectivity index (χ3v) is 5.05. The van der Waals surface area contributed by atoms with Gasteiger partial charge in [0.25, 0.3) is 11.6 Å². The Morgan fingerprint density at radius 2 is 2.04 bits per heavy atom. The molecule has 1 amide bonds. The van der Waals surface area contributed by atoms with Gasteiger partial charge in [0.15, 0.2) is 5.17 Å². The smallest absolute Gasteiger partial charge is 0.269 e. The number of nitro groups is 1. The SMILES string of the molecule is CCN1C(=O)/C(=C/c2ccc([N+](=O)[O-])cc2)S/C1=N/c1nnc(C)s1. The lowest BCUT2D eigenvalue weighted by atomic mass is 10.2. The highest BCUT2D eigenvalue weighted by Gasteiger charge is 2.32. The van der Waals surface area contributed by atoms with Gasteiger partial charge in [-0.05, 0) is 49.4 Å². The number of benzene rings is 1. The second kappa shape index (κ2) is 7.11. The molecule has 1 aliphatic rings. The summed E-state index contributed by atoms with van der Waals surface area (Å²) < 4.78 is 0. The Hall–Kier alpha value is -2.59. The molecule has 0 spiro atoms. The molecule has 2 aromatic rings. The summed E-state index contributed by atoms with van der Waals surface area (Å²) in [5.74, 6) is -0.147. The van der Waals surface area contributed by atoms with Gasteiger partial charge in [-0.3, -0.25) is 19.8 Å². The molecule has 0 radical (unpaired) electrons. The minimum absolute atomic E-state index is 0.0108. The molecule has 10 heteroatoms. The van der Waals surface area contributed by atoms with E-state index in [4.69, 9.17) is 0 Å². The van der Waals surface area contributed by atoms with Crippen molar-refractivity contribution in [3.63, 3.8) is 0 Å². The van der Waals surface area contributed by atoms with Crippen LogP contribution < -0.4 is 0 Å². The molecule has 0 saturated carbocycles. The molecule has 0 unspecified atom stereocenters. The highest BCUT2D eigenvalue weighted by Crippen LogP contribution is 2.34. The highest BCUT2D eigenvalue weighted by molar-refractivity contribution is 8.18. The van der Waals surface area contributed by atoms with Crippen molar-refractivity contribution in [2.75, 3.05) is 6.54 Å². The molecule has 0 aliphatic carbocycles. The number of rotatable bonds is 4. The van der Waals surface area contributed by atoms with Gasteiger partial charge in [0.2, 0.25) is 5.13 Å². The quantitative estimate of drug-likeness (QED) is 0.461. The maximum absolute atomic E-state index is 12.5. The number of aryl methyl sites for hydroxylation is 1. The fourth-order valence-electron chi connectivity index (χ4n) is 2.13. The number of amides is 1. The number of carbonyl (C=O) groups is 1. The van der Waals surface area contributed by atoms with Gasteiger partial charge >= 0.3 is 0 Å². The predicted molar refractivity (Wildman–Crippen MR) is 97.8 cm³/mol. The molecule has 25 heavy (non-hydrogen) atoms. The maximum Gasteiger partial charge on any atom is 0.269 e. The first-order chi connectivity index (χ1) is 12.0. The van der Waals surface area contributed by atoms with Crippen LogP contribution in [0.4, 0.5) is 10.8 Å². The van der Waals surface area contributed by atoms with Crippen LogP contribution in [0.1, 0.15) is 17.5 Å². The van der Waals surface area contributed by atoms with Crippen molar-refractivity contribution in [2.24, 2.45) is 4.99 Å². The first kappa shape index (κ1) is 17.2. The number of carbonyl (C=O) groups excluding carboxylic acids is 1. The number of hydrogen-bond acceptors (Lipinski definition) is 8. The Kier molecular flexibility index (Phi) is 4.91. The van der Waals surface area contributed by atoms with E-state index < -0.39 is 4.92 Å². The Morgan fingerprint density at radius 1 is 1.32 bits per heavy atom. The minimum atomic E-state index is -0.458. The van der Waals surface area contributed by atoms with Gasteiger partial charge in [0.1, 0.15) is 5.01 Å². The number of likely N-dealkylation sites (N-methyl/N-ethyl adjacent to an activating group) is 1. The van der Waals surface area contributed by atoms with E-state index in [-0.39, 0.29) is 11.6 Å². The van der Waals surface area contributed by atoms with E-state index in [1.165, 1.54) is 35.2 Å². The summed E-state index contributed by atoms with van der Waals surface area (Å²) >= 11 is 2.61. The van der Waals surface area contributed by atoms with Crippen LogP contribution in [-0.2, 0) is 4.79 Å². The molecule has 0 bridgehead atoms. The Morgan fingerprint density at radius 3 is 2.60 bits per heavy atom. The van der Waals surface area contributed by atoms with Crippen molar-refractivity contribution < 1.29 is 9.72 Å². The fraction of sp³-hybridized carbons (Fsp3) is 0.200. The standard InChI is InChI=1S/C15H13N5O3S2/c1-3-19-13(21)12(8-10-4-6-11(7-5-10)20(22)23)25-15(19)16-14-18-17-9(2)24-14/h4-8H,3H2,1-2H3/b12-8-,16-15+. The van der Waals surface area contributed by atoms with E-state index in [1.807, 2.05) is 13.8 Å². The lowest BCUT2D eigenvalue weighted by molar-refractivity contribution is -0.384. The van der Waals surface area contributed by atoms with Crippen molar-refractivity contribution in [3.05, 3.63) is 49.9 Å². The van der Waals surface area contributed by atoms with Crippen molar-refractivity contribution >= 4 is 51.1 Å². The maximum atomic E-state index is 12.5. The second-order valence-electron chi connectivity index (χ2n) is 5.01. The molecule has 1 aromatic heterocycles. The van der Waals surface area contributed by atoms with Gasteiger partial charge in [-0.25, -0.2) is 0 Å². The topological polar surface area (TPSA) is 102 Å². The first-order valence-corrected chi connectivity index (χ1v) is 8.96. The van der Waals surface area contributed by atoms with Crippen LogP contribution in [0.3, 0.4) is 0 Å². The van der Waals surface area contributed by atoms with Crippen molar-refractivity contribution in [1.29, 1.82) is 0 Å². The molecule has 1 saturated heterocycles. The normalized spacial score (nSPS) is 17.7. The third kappa shape index (κ3) is 3.74. The van der Waals surface area contributed by atoms with Crippen LogP contribution in [0.5, 0.6) is 0 Å². The van der Waals surface area contributed by atoms with Crippen molar-refractivity contribution in [3.8, 4) is 0 Å². The number of thioether (sulfide) groups is 1. The number of non-ortho nitro benzene ring substituents is 1. The molecule has 128 valence electrons. The second-order valence-corrected chi connectivity index (χ2v) is 7.18. The fourth-order valence-corrected chi connectivity index (χ4v) is 3.79. The summed E-state index contributed by atoms with van der Waals surface area (Å²) in [5, 5.41) is 20.4. The average molecular weight is 375 g/mol. The molecule has 0 atom stereocenters. The minimum Gasteiger partial charge on any atom is -0.287 e. The molecule has 1 aromatic carbocycles. The van der Waals surface area contributed by atoms with Gasteiger partial charge < -0.3 is 0 Å². The molecule has 1 aliphatic heterocycles. The van der Waals surface area contributed by atoms with E-state index >= 15 is 0 Å². The van der Waals surface area contributed by atoms with Crippen molar-refractivity contribution in [1.82, 2.24) is 15.1 Å². The van der Waals surface area contributed by atoms with E-state index in [0.29, 0.717) is 27.3 Å². The summed E-state index contributed by atoms with van der Waals surface area (Å²) in [6.45, 7) is 4.19. The summed E-state index contributed by atoms with van der Waals surface area (Å²) in [4.78, 5) is 29.3. The third-order valence-electron chi connectivity index (χ3n) is 3.31. The summed E-state index contributed by atoms with van der Waals surface area (Å²) in [6.07, 6.45) is 1.70. The van der Waals surface area contributed by atoms with Crippen LogP contribution in [0.2, 0.25) is 0 Å².